The number of rotatable bonds is 4. The number of ether oxygens (including phenoxy) is 1. The number of aryl methyl sites for hydroxylation is 1. The van der Waals surface area contributed by atoms with Crippen LogP contribution in [-0.2, 0) is 0 Å². The second-order valence-corrected chi connectivity index (χ2v) is 4.78. The molecule has 3 heteroatoms. The van der Waals surface area contributed by atoms with Crippen LogP contribution in [0.5, 0.6) is 5.75 Å². The van der Waals surface area contributed by atoms with Gasteiger partial charge in [-0.25, -0.2) is 0 Å². The minimum absolute atomic E-state index is 0.0114. The summed E-state index contributed by atoms with van der Waals surface area (Å²) in [5.41, 5.74) is 1.71. The normalized spacial score (nSPS) is 16.4. The van der Waals surface area contributed by atoms with Crippen LogP contribution in [0.15, 0.2) is 18.2 Å². The third-order valence-corrected chi connectivity index (χ3v) is 3.36. The van der Waals surface area contributed by atoms with Gasteiger partial charge >= 0.3 is 0 Å². The van der Waals surface area contributed by atoms with E-state index in [-0.39, 0.29) is 11.9 Å². The fraction of sp³-hybridized carbons (Fsp3) is 0.500. The Morgan fingerprint density at radius 2 is 2.18 bits per heavy atom. The summed E-state index contributed by atoms with van der Waals surface area (Å²) in [6.07, 6.45) is 2.47. The molecule has 1 aliphatic rings. The Morgan fingerprint density at radius 1 is 1.47 bits per heavy atom. The van der Waals surface area contributed by atoms with Gasteiger partial charge in [-0.15, -0.1) is 0 Å². The molecular formula is C14H19NO2. The Bertz CT molecular complexity index is 424. The van der Waals surface area contributed by atoms with Crippen LogP contribution in [0.1, 0.15) is 35.7 Å². The maximum Gasteiger partial charge on any atom is 0.251 e. The van der Waals surface area contributed by atoms with Gasteiger partial charge in [0.25, 0.3) is 5.91 Å². The predicted octanol–water partition coefficient (Wildman–Crippen LogP) is 2.53. The van der Waals surface area contributed by atoms with E-state index in [0.717, 1.165) is 11.3 Å². The van der Waals surface area contributed by atoms with Crippen molar-refractivity contribution in [3.8, 4) is 5.75 Å². The summed E-state index contributed by atoms with van der Waals surface area (Å²) < 4.78 is 5.22. The van der Waals surface area contributed by atoms with Crippen molar-refractivity contribution >= 4 is 5.91 Å². The second-order valence-electron chi connectivity index (χ2n) is 4.78. The van der Waals surface area contributed by atoms with Gasteiger partial charge in [-0.1, -0.05) is 6.07 Å². The lowest BCUT2D eigenvalue weighted by atomic mass is 10.1. The van der Waals surface area contributed by atoms with E-state index in [1.165, 1.54) is 12.8 Å². The smallest absolute Gasteiger partial charge is 0.251 e. The standard InChI is InChI=1S/C14H19NO2/c1-9-4-5-12(8-13(9)17-3)14(16)15-10(2)11-6-7-11/h4-5,8,10-11H,6-7H2,1-3H3,(H,15,16). The molecule has 0 saturated heterocycles. The summed E-state index contributed by atoms with van der Waals surface area (Å²) in [6.45, 7) is 4.04. The molecule has 0 aliphatic heterocycles. The number of benzene rings is 1. The first kappa shape index (κ1) is 12.0. The highest BCUT2D eigenvalue weighted by Crippen LogP contribution is 2.32. The third kappa shape index (κ3) is 2.78. The van der Waals surface area contributed by atoms with E-state index in [2.05, 4.69) is 12.2 Å². The van der Waals surface area contributed by atoms with Crippen LogP contribution in [0.25, 0.3) is 0 Å². The molecule has 0 radical (unpaired) electrons. The van der Waals surface area contributed by atoms with E-state index in [1.54, 1.807) is 13.2 Å². The number of amides is 1. The molecule has 1 aromatic rings. The fourth-order valence-electron chi connectivity index (χ4n) is 1.97. The molecule has 1 saturated carbocycles. The summed E-state index contributed by atoms with van der Waals surface area (Å²) in [6, 6.07) is 5.82. The first-order valence-corrected chi connectivity index (χ1v) is 6.07. The van der Waals surface area contributed by atoms with Gasteiger partial charge in [0.2, 0.25) is 0 Å². The zero-order valence-corrected chi connectivity index (χ0v) is 10.6. The third-order valence-electron chi connectivity index (χ3n) is 3.36. The van der Waals surface area contributed by atoms with Gasteiger partial charge in [0.15, 0.2) is 0 Å². The van der Waals surface area contributed by atoms with Crippen molar-refractivity contribution < 1.29 is 9.53 Å². The van der Waals surface area contributed by atoms with Crippen molar-refractivity contribution in [1.82, 2.24) is 5.32 Å². The van der Waals surface area contributed by atoms with Crippen LogP contribution < -0.4 is 10.1 Å². The second kappa shape index (κ2) is 4.78. The van der Waals surface area contributed by atoms with E-state index in [1.807, 2.05) is 19.1 Å². The molecule has 1 unspecified atom stereocenters. The highest BCUT2D eigenvalue weighted by atomic mass is 16.5. The molecule has 1 fully saturated rings. The van der Waals surface area contributed by atoms with Gasteiger partial charge in [0.05, 0.1) is 7.11 Å². The van der Waals surface area contributed by atoms with Gasteiger partial charge < -0.3 is 10.1 Å². The first-order chi connectivity index (χ1) is 8.11. The molecule has 0 heterocycles. The highest BCUT2D eigenvalue weighted by Gasteiger charge is 2.29. The average Bonchev–Trinajstić information content (AvgIpc) is 3.13. The van der Waals surface area contributed by atoms with Crippen LogP contribution in [-0.4, -0.2) is 19.1 Å². The molecule has 0 bridgehead atoms. The molecular weight excluding hydrogens is 214 g/mol. The topological polar surface area (TPSA) is 38.3 Å². The van der Waals surface area contributed by atoms with Gasteiger partial charge in [-0.3, -0.25) is 4.79 Å². The van der Waals surface area contributed by atoms with Crippen molar-refractivity contribution in [3.05, 3.63) is 29.3 Å². The quantitative estimate of drug-likeness (QED) is 0.867. The maximum atomic E-state index is 12.0. The van der Waals surface area contributed by atoms with E-state index in [9.17, 15) is 4.79 Å². The van der Waals surface area contributed by atoms with Gasteiger partial charge in [0, 0.05) is 11.6 Å². The molecule has 0 aromatic heterocycles. The summed E-state index contributed by atoms with van der Waals surface area (Å²) in [5.74, 6) is 1.42. The number of methoxy groups -OCH3 is 1. The van der Waals surface area contributed by atoms with Crippen molar-refractivity contribution in [2.75, 3.05) is 7.11 Å². The maximum absolute atomic E-state index is 12.0. The van der Waals surface area contributed by atoms with Crippen LogP contribution in [0.3, 0.4) is 0 Å². The van der Waals surface area contributed by atoms with Crippen LogP contribution >= 0.6 is 0 Å². The molecule has 2 rings (SSSR count). The van der Waals surface area contributed by atoms with Crippen LogP contribution in [0, 0.1) is 12.8 Å². The lowest BCUT2D eigenvalue weighted by Crippen LogP contribution is -2.33. The summed E-state index contributed by atoms with van der Waals surface area (Å²) >= 11 is 0. The molecule has 3 nitrogen and oxygen atoms in total. The minimum atomic E-state index is -0.0114. The lowest BCUT2D eigenvalue weighted by Gasteiger charge is -2.13. The van der Waals surface area contributed by atoms with E-state index in [0.29, 0.717) is 11.5 Å². The van der Waals surface area contributed by atoms with Crippen LogP contribution in [0.2, 0.25) is 0 Å². The van der Waals surface area contributed by atoms with E-state index >= 15 is 0 Å². The molecule has 1 aromatic carbocycles. The Hall–Kier alpha value is -1.51. The Balaban J connectivity index is 2.07. The van der Waals surface area contributed by atoms with Gasteiger partial charge in [0.1, 0.15) is 5.75 Å². The van der Waals surface area contributed by atoms with Gasteiger partial charge in [-0.05, 0) is 50.3 Å². The summed E-state index contributed by atoms with van der Waals surface area (Å²) in [5, 5.41) is 3.03. The van der Waals surface area contributed by atoms with Gasteiger partial charge in [-0.2, -0.15) is 0 Å². The highest BCUT2D eigenvalue weighted by molar-refractivity contribution is 5.94. The predicted molar refractivity (Wildman–Crippen MR) is 67.4 cm³/mol. The SMILES string of the molecule is COc1cc(C(=O)NC(C)C2CC2)ccc1C. The number of carbonyl (C=O) groups is 1. The summed E-state index contributed by atoms with van der Waals surface area (Å²) in [7, 11) is 1.62. The van der Waals surface area contributed by atoms with Crippen molar-refractivity contribution in [1.29, 1.82) is 0 Å². The Kier molecular flexibility index (Phi) is 3.36. The average molecular weight is 233 g/mol. The Labute approximate surface area is 102 Å². The number of hydrogen-bond acceptors (Lipinski definition) is 2. The summed E-state index contributed by atoms with van der Waals surface area (Å²) in [4.78, 5) is 12.0. The molecule has 17 heavy (non-hydrogen) atoms. The van der Waals surface area contributed by atoms with Crippen molar-refractivity contribution in [2.45, 2.75) is 32.7 Å². The van der Waals surface area contributed by atoms with E-state index in [4.69, 9.17) is 4.74 Å². The molecule has 1 amide bonds. The number of nitrogens with one attached hydrogen (secondary N) is 1. The molecule has 1 N–H and O–H groups in total. The number of carbonyl (C=O) groups excluding carboxylic acids is 1. The molecule has 92 valence electrons. The largest absolute Gasteiger partial charge is 0.496 e. The minimum Gasteiger partial charge on any atom is -0.496 e. The zero-order chi connectivity index (χ0) is 12.4. The molecule has 1 atom stereocenters. The van der Waals surface area contributed by atoms with Crippen LogP contribution in [0.4, 0.5) is 0 Å². The number of hydrogen-bond donors (Lipinski definition) is 1. The van der Waals surface area contributed by atoms with Crippen molar-refractivity contribution in [2.24, 2.45) is 5.92 Å². The zero-order valence-electron chi connectivity index (χ0n) is 10.6. The fourth-order valence-corrected chi connectivity index (χ4v) is 1.97. The molecule has 0 spiro atoms. The van der Waals surface area contributed by atoms with Crippen molar-refractivity contribution in [3.63, 3.8) is 0 Å². The monoisotopic (exact) mass is 233 g/mol. The molecule has 1 aliphatic carbocycles. The first-order valence-electron chi connectivity index (χ1n) is 6.07. The van der Waals surface area contributed by atoms with E-state index < -0.39 is 0 Å². The lowest BCUT2D eigenvalue weighted by molar-refractivity contribution is 0.0935. The Morgan fingerprint density at radius 3 is 2.76 bits per heavy atom.